The van der Waals surface area contributed by atoms with E-state index in [4.69, 9.17) is 17.3 Å². The van der Waals surface area contributed by atoms with Gasteiger partial charge in [-0.3, -0.25) is 4.79 Å². The van der Waals surface area contributed by atoms with Gasteiger partial charge in [0.05, 0.1) is 11.1 Å². The van der Waals surface area contributed by atoms with E-state index in [1.165, 1.54) is 0 Å². The van der Waals surface area contributed by atoms with Crippen molar-refractivity contribution in [2.24, 2.45) is 0 Å². The van der Waals surface area contributed by atoms with Gasteiger partial charge in [-0.2, -0.15) is 0 Å². The minimum absolute atomic E-state index is 0.0995. The fourth-order valence-corrected chi connectivity index (χ4v) is 2.28. The molecule has 0 saturated carbocycles. The third kappa shape index (κ3) is 3.52. The molecule has 0 saturated heterocycles. The second-order valence-corrected chi connectivity index (χ2v) is 5.75. The van der Waals surface area contributed by atoms with Gasteiger partial charge >= 0.3 is 0 Å². The monoisotopic (exact) mass is 352 g/mol. The molecule has 3 nitrogen and oxygen atoms in total. The Labute approximate surface area is 131 Å². The molecule has 104 valence electrons. The van der Waals surface area contributed by atoms with Crippen LogP contribution >= 0.6 is 27.5 Å². The Balaban J connectivity index is 2.10. The van der Waals surface area contributed by atoms with Gasteiger partial charge in [0.25, 0.3) is 5.91 Å². The molecule has 0 bridgehead atoms. The zero-order chi connectivity index (χ0) is 14.7. The molecule has 1 amide bonds. The molecule has 0 aliphatic carbocycles. The number of hydrogen-bond acceptors (Lipinski definition) is 2. The fraction of sp³-hybridized carbons (Fsp3) is 0.133. The van der Waals surface area contributed by atoms with E-state index in [9.17, 15) is 4.79 Å². The van der Waals surface area contributed by atoms with Crippen molar-refractivity contribution in [1.82, 2.24) is 5.32 Å². The van der Waals surface area contributed by atoms with Gasteiger partial charge in [-0.1, -0.05) is 23.7 Å². The molecule has 0 fully saturated rings. The number of carbonyl (C=O) groups excluding carboxylic acids is 1. The van der Waals surface area contributed by atoms with Crippen LogP contribution in [0.25, 0.3) is 0 Å². The average molecular weight is 354 g/mol. The Kier molecular flexibility index (Phi) is 4.68. The lowest BCUT2D eigenvalue weighted by molar-refractivity contribution is 0.0940. The summed E-state index contributed by atoms with van der Waals surface area (Å²) in [5.41, 5.74) is 7.91. The van der Waals surface area contributed by atoms with Gasteiger partial charge in [-0.05, 0) is 58.7 Å². The number of nitrogen functional groups attached to an aromatic ring is 1. The first-order valence-electron chi connectivity index (χ1n) is 6.08. The van der Waals surface area contributed by atoms with Crippen LogP contribution in [0.1, 0.15) is 28.9 Å². The Morgan fingerprint density at radius 2 is 1.90 bits per heavy atom. The topological polar surface area (TPSA) is 55.1 Å². The predicted octanol–water partition coefficient (Wildman–Crippen LogP) is 4.18. The predicted molar refractivity (Wildman–Crippen MR) is 85.9 cm³/mol. The summed E-state index contributed by atoms with van der Waals surface area (Å²) in [6.07, 6.45) is 0. The smallest absolute Gasteiger partial charge is 0.251 e. The molecule has 0 spiro atoms. The van der Waals surface area contributed by atoms with Crippen molar-refractivity contribution in [3.05, 3.63) is 63.1 Å². The summed E-state index contributed by atoms with van der Waals surface area (Å²) in [6.45, 7) is 1.92. The summed E-state index contributed by atoms with van der Waals surface area (Å²) in [5.74, 6) is -0.147. The van der Waals surface area contributed by atoms with Crippen LogP contribution in [0, 0.1) is 0 Å². The fourth-order valence-electron chi connectivity index (χ4n) is 1.79. The third-order valence-electron chi connectivity index (χ3n) is 2.97. The number of rotatable bonds is 3. The third-order valence-corrected chi connectivity index (χ3v) is 4.18. The molecule has 2 rings (SSSR count). The molecule has 1 atom stereocenters. The Morgan fingerprint density at radius 3 is 2.50 bits per heavy atom. The Morgan fingerprint density at radius 1 is 1.25 bits per heavy atom. The Bertz CT molecular complexity index is 628. The number of benzene rings is 2. The van der Waals surface area contributed by atoms with E-state index in [0.717, 1.165) is 5.56 Å². The molecule has 0 aliphatic rings. The molecule has 2 aromatic carbocycles. The van der Waals surface area contributed by atoms with Gasteiger partial charge < -0.3 is 11.1 Å². The van der Waals surface area contributed by atoms with E-state index in [0.29, 0.717) is 20.7 Å². The summed E-state index contributed by atoms with van der Waals surface area (Å²) >= 11 is 9.22. The number of anilines is 1. The van der Waals surface area contributed by atoms with Crippen LogP contribution in [0.2, 0.25) is 5.02 Å². The molecule has 20 heavy (non-hydrogen) atoms. The van der Waals surface area contributed by atoms with Crippen molar-refractivity contribution >= 4 is 39.1 Å². The number of nitrogens with two attached hydrogens (primary N) is 1. The molecule has 3 N–H and O–H groups in total. The SMILES string of the molecule is CC(NC(=O)c1ccc(Cl)c(Br)c1)c1ccc(N)cc1. The Hall–Kier alpha value is -1.52. The highest BCUT2D eigenvalue weighted by Crippen LogP contribution is 2.23. The van der Waals surface area contributed by atoms with Gasteiger partial charge in [-0.15, -0.1) is 0 Å². The highest BCUT2D eigenvalue weighted by Gasteiger charge is 2.12. The van der Waals surface area contributed by atoms with Crippen LogP contribution in [0.4, 0.5) is 5.69 Å². The lowest BCUT2D eigenvalue weighted by Crippen LogP contribution is -2.26. The van der Waals surface area contributed by atoms with Crippen molar-refractivity contribution in [2.45, 2.75) is 13.0 Å². The van der Waals surface area contributed by atoms with Crippen molar-refractivity contribution in [3.8, 4) is 0 Å². The molecule has 0 aromatic heterocycles. The second-order valence-electron chi connectivity index (χ2n) is 4.49. The minimum atomic E-state index is -0.147. The van der Waals surface area contributed by atoms with Gasteiger partial charge in [-0.25, -0.2) is 0 Å². The van der Waals surface area contributed by atoms with Crippen molar-refractivity contribution in [3.63, 3.8) is 0 Å². The van der Waals surface area contributed by atoms with E-state index in [2.05, 4.69) is 21.2 Å². The normalized spacial score (nSPS) is 11.9. The average Bonchev–Trinajstić information content (AvgIpc) is 2.42. The number of nitrogens with one attached hydrogen (secondary N) is 1. The van der Waals surface area contributed by atoms with Crippen molar-refractivity contribution in [1.29, 1.82) is 0 Å². The molecule has 2 aromatic rings. The van der Waals surface area contributed by atoms with E-state index < -0.39 is 0 Å². The van der Waals surface area contributed by atoms with Crippen molar-refractivity contribution in [2.75, 3.05) is 5.73 Å². The molecule has 0 radical (unpaired) electrons. The summed E-state index contributed by atoms with van der Waals surface area (Å²) in [5, 5.41) is 3.51. The van der Waals surface area contributed by atoms with Crippen LogP contribution in [0.15, 0.2) is 46.9 Å². The van der Waals surface area contributed by atoms with Crippen LogP contribution in [0.3, 0.4) is 0 Å². The highest BCUT2D eigenvalue weighted by atomic mass is 79.9. The maximum Gasteiger partial charge on any atom is 0.251 e. The van der Waals surface area contributed by atoms with E-state index in [1.807, 2.05) is 31.2 Å². The molecular weight excluding hydrogens is 340 g/mol. The summed E-state index contributed by atoms with van der Waals surface area (Å²) in [4.78, 5) is 12.2. The first kappa shape index (κ1) is 14.9. The van der Waals surface area contributed by atoms with E-state index in [-0.39, 0.29) is 11.9 Å². The first-order chi connectivity index (χ1) is 9.47. The van der Waals surface area contributed by atoms with Crippen LogP contribution < -0.4 is 11.1 Å². The molecule has 1 unspecified atom stereocenters. The lowest BCUT2D eigenvalue weighted by Gasteiger charge is -2.15. The van der Waals surface area contributed by atoms with Crippen LogP contribution in [-0.4, -0.2) is 5.91 Å². The van der Waals surface area contributed by atoms with Crippen LogP contribution in [-0.2, 0) is 0 Å². The molecule has 0 heterocycles. The standard InChI is InChI=1S/C15H14BrClN2O/c1-9(10-2-5-12(18)6-3-10)19-15(20)11-4-7-14(17)13(16)8-11/h2-9H,18H2,1H3,(H,19,20). The first-order valence-corrected chi connectivity index (χ1v) is 7.26. The zero-order valence-electron chi connectivity index (χ0n) is 10.9. The summed E-state index contributed by atoms with van der Waals surface area (Å²) < 4.78 is 0.701. The van der Waals surface area contributed by atoms with Gasteiger partial charge in [0.2, 0.25) is 0 Å². The van der Waals surface area contributed by atoms with Crippen LogP contribution in [0.5, 0.6) is 0 Å². The highest BCUT2D eigenvalue weighted by molar-refractivity contribution is 9.10. The van der Waals surface area contributed by atoms with Gasteiger partial charge in [0.15, 0.2) is 0 Å². The van der Waals surface area contributed by atoms with Gasteiger partial charge in [0.1, 0.15) is 0 Å². The summed E-state index contributed by atoms with van der Waals surface area (Å²) in [6, 6.07) is 12.4. The lowest BCUT2D eigenvalue weighted by atomic mass is 10.1. The summed E-state index contributed by atoms with van der Waals surface area (Å²) in [7, 11) is 0. The largest absolute Gasteiger partial charge is 0.399 e. The van der Waals surface area contributed by atoms with Gasteiger partial charge in [0, 0.05) is 15.7 Å². The molecular formula is C15H14BrClN2O. The second kappa shape index (κ2) is 6.29. The van der Waals surface area contributed by atoms with Crippen molar-refractivity contribution < 1.29 is 4.79 Å². The van der Waals surface area contributed by atoms with E-state index >= 15 is 0 Å². The number of halogens is 2. The zero-order valence-corrected chi connectivity index (χ0v) is 13.2. The molecule has 5 heteroatoms. The quantitative estimate of drug-likeness (QED) is 0.813. The number of carbonyl (C=O) groups is 1. The number of hydrogen-bond donors (Lipinski definition) is 2. The maximum atomic E-state index is 12.2. The maximum absolute atomic E-state index is 12.2. The number of amides is 1. The minimum Gasteiger partial charge on any atom is -0.399 e. The van der Waals surface area contributed by atoms with E-state index in [1.54, 1.807) is 18.2 Å². The molecule has 0 aliphatic heterocycles.